The van der Waals surface area contributed by atoms with E-state index in [4.69, 9.17) is 5.11 Å². The summed E-state index contributed by atoms with van der Waals surface area (Å²) in [4.78, 5) is 11.5. The average molecular weight is 168 g/mol. The lowest BCUT2D eigenvalue weighted by molar-refractivity contribution is -0.120. The van der Waals surface area contributed by atoms with E-state index in [1.54, 1.807) is 0 Å². The fourth-order valence-corrected chi connectivity index (χ4v) is 1.81. The van der Waals surface area contributed by atoms with E-state index in [0.717, 1.165) is 38.4 Å². The third-order valence-corrected chi connectivity index (χ3v) is 2.48. The van der Waals surface area contributed by atoms with Crippen LogP contribution in [0.15, 0.2) is 11.8 Å². The summed E-state index contributed by atoms with van der Waals surface area (Å²) in [7, 11) is 0. The summed E-state index contributed by atoms with van der Waals surface area (Å²) in [6, 6.07) is 0. The van der Waals surface area contributed by atoms with Gasteiger partial charge in [-0.2, -0.15) is 0 Å². The molecule has 0 aromatic carbocycles. The van der Waals surface area contributed by atoms with Gasteiger partial charge in [-0.05, 0) is 25.7 Å². The Bertz CT molecular complexity index is 192. The molecule has 0 heterocycles. The van der Waals surface area contributed by atoms with Crippen molar-refractivity contribution in [3.63, 3.8) is 0 Å². The fraction of sp³-hybridized carbons (Fsp3) is 0.700. The summed E-state index contributed by atoms with van der Waals surface area (Å²) in [6.45, 7) is 2.09. The van der Waals surface area contributed by atoms with E-state index in [1.807, 2.05) is 0 Å². The zero-order valence-corrected chi connectivity index (χ0v) is 7.55. The molecule has 1 unspecified atom stereocenters. The summed E-state index contributed by atoms with van der Waals surface area (Å²) in [6.07, 6.45) is 5.82. The summed E-state index contributed by atoms with van der Waals surface area (Å²) in [5.41, 5.74) is 0.625. The maximum Gasteiger partial charge on any atom is 0.164 e. The molecule has 0 aromatic rings. The number of rotatable bonds is 2. The van der Waals surface area contributed by atoms with Gasteiger partial charge in [0.15, 0.2) is 5.78 Å². The third-order valence-electron chi connectivity index (χ3n) is 2.48. The van der Waals surface area contributed by atoms with Crippen LogP contribution in [0.25, 0.3) is 0 Å². The molecule has 1 atom stereocenters. The largest absolute Gasteiger partial charge is 0.515 e. The van der Waals surface area contributed by atoms with E-state index in [9.17, 15) is 4.79 Å². The van der Waals surface area contributed by atoms with Crippen LogP contribution in [0.5, 0.6) is 0 Å². The highest BCUT2D eigenvalue weighted by atomic mass is 16.2. The first-order valence-corrected chi connectivity index (χ1v) is 4.67. The molecular weight excluding hydrogens is 152 g/mol. The molecule has 68 valence electrons. The first-order chi connectivity index (χ1) is 5.79. The van der Waals surface area contributed by atoms with Gasteiger partial charge in [-0.25, -0.2) is 0 Å². The van der Waals surface area contributed by atoms with E-state index in [1.165, 1.54) is 0 Å². The van der Waals surface area contributed by atoms with Crippen molar-refractivity contribution in [2.45, 2.75) is 39.0 Å². The molecule has 1 rings (SSSR count). The van der Waals surface area contributed by atoms with Gasteiger partial charge in [0.05, 0.1) is 6.26 Å². The van der Waals surface area contributed by atoms with Crippen LogP contribution >= 0.6 is 0 Å². The third kappa shape index (κ3) is 1.87. The molecule has 1 aliphatic carbocycles. The molecule has 0 radical (unpaired) electrons. The number of Topliss-reactive ketones (excluding diaryl/α,β-unsaturated/α-hetero) is 1. The van der Waals surface area contributed by atoms with E-state index in [-0.39, 0.29) is 11.7 Å². The minimum absolute atomic E-state index is 0.172. The van der Waals surface area contributed by atoms with Crippen molar-refractivity contribution < 1.29 is 9.90 Å². The molecule has 0 spiro atoms. The van der Waals surface area contributed by atoms with Gasteiger partial charge < -0.3 is 5.11 Å². The van der Waals surface area contributed by atoms with Crippen molar-refractivity contribution in [2.24, 2.45) is 5.92 Å². The maximum atomic E-state index is 11.5. The van der Waals surface area contributed by atoms with Gasteiger partial charge in [-0.1, -0.05) is 13.3 Å². The zero-order chi connectivity index (χ0) is 8.97. The van der Waals surface area contributed by atoms with Crippen LogP contribution in [-0.2, 0) is 4.79 Å². The second-order valence-electron chi connectivity index (χ2n) is 3.40. The van der Waals surface area contributed by atoms with Gasteiger partial charge in [0.25, 0.3) is 0 Å². The van der Waals surface area contributed by atoms with Gasteiger partial charge in [-0.15, -0.1) is 0 Å². The lowest BCUT2D eigenvalue weighted by atomic mass is 9.82. The molecule has 12 heavy (non-hydrogen) atoms. The van der Waals surface area contributed by atoms with Gasteiger partial charge in [-0.3, -0.25) is 4.79 Å². The monoisotopic (exact) mass is 168 g/mol. The zero-order valence-electron chi connectivity index (χ0n) is 7.55. The van der Waals surface area contributed by atoms with Crippen LogP contribution in [0.4, 0.5) is 0 Å². The quantitative estimate of drug-likeness (QED) is 0.508. The topological polar surface area (TPSA) is 37.3 Å². The van der Waals surface area contributed by atoms with Crippen molar-refractivity contribution >= 4 is 5.78 Å². The van der Waals surface area contributed by atoms with E-state index < -0.39 is 0 Å². The van der Waals surface area contributed by atoms with Crippen LogP contribution in [0.1, 0.15) is 39.0 Å². The molecule has 2 nitrogen and oxygen atoms in total. The van der Waals surface area contributed by atoms with E-state index in [0.29, 0.717) is 5.57 Å². The number of allylic oxidation sites excluding steroid dienone is 1. The van der Waals surface area contributed by atoms with Crippen molar-refractivity contribution in [3.05, 3.63) is 11.8 Å². The Balaban J connectivity index is 2.60. The predicted molar refractivity (Wildman–Crippen MR) is 48.0 cm³/mol. The highest BCUT2D eigenvalue weighted by molar-refractivity contribution is 5.97. The highest BCUT2D eigenvalue weighted by Crippen LogP contribution is 2.27. The fourth-order valence-electron chi connectivity index (χ4n) is 1.81. The van der Waals surface area contributed by atoms with Crippen molar-refractivity contribution in [2.75, 3.05) is 0 Å². The van der Waals surface area contributed by atoms with E-state index in [2.05, 4.69) is 6.92 Å². The lowest BCUT2D eigenvalue weighted by Gasteiger charge is -2.21. The molecule has 1 fully saturated rings. The molecular formula is C10H16O2. The van der Waals surface area contributed by atoms with Crippen LogP contribution in [0, 0.1) is 5.92 Å². The molecule has 0 saturated heterocycles. The van der Waals surface area contributed by atoms with E-state index >= 15 is 0 Å². The number of carbonyl (C=O) groups is 1. The van der Waals surface area contributed by atoms with Gasteiger partial charge in [0.1, 0.15) is 0 Å². The molecule has 0 aromatic heterocycles. The summed E-state index contributed by atoms with van der Waals surface area (Å²) < 4.78 is 0. The Morgan fingerprint density at radius 2 is 2.42 bits per heavy atom. The summed E-state index contributed by atoms with van der Waals surface area (Å²) in [5, 5.41) is 8.76. The molecule has 0 amide bonds. The molecule has 0 bridgehead atoms. The van der Waals surface area contributed by atoms with Crippen LogP contribution in [-0.4, -0.2) is 10.9 Å². The Kier molecular flexibility index (Phi) is 3.32. The standard InChI is InChI=1S/C10H16O2/c1-2-4-8-5-3-6-9(7-11)10(8)12/h7-8,11H,2-6H2,1H3/b9-7+. The molecule has 1 N–H and O–H groups in total. The van der Waals surface area contributed by atoms with Crippen LogP contribution in [0.3, 0.4) is 0 Å². The van der Waals surface area contributed by atoms with Gasteiger partial charge in [0.2, 0.25) is 0 Å². The number of hydrogen-bond acceptors (Lipinski definition) is 2. The number of carbonyl (C=O) groups excluding carboxylic acids is 1. The van der Waals surface area contributed by atoms with Crippen molar-refractivity contribution in [1.82, 2.24) is 0 Å². The number of ketones is 1. The van der Waals surface area contributed by atoms with Crippen molar-refractivity contribution in [3.8, 4) is 0 Å². The normalized spacial score (nSPS) is 27.9. The second kappa shape index (κ2) is 4.29. The molecule has 1 aliphatic rings. The summed E-state index contributed by atoms with van der Waals surface area (Å²) >= 11 is 0. The predicted octanol–water partition coefficient (Wildman–Crippen LogP) is 2.60. The van der Waals surface area contributed by atoms with Gasteiger partial charge >= 0.3 is 0 Å². The Morgan fingerprint density at radius 3 is 3.00 bits per heavy atom. The molecule has 2 heteroatoms. The number of aliphatic hydroxyl groups excluding tert-OH is 1. The molecule has 0 aliphatic heterocycles. The van der Waals surface area contributed by atoms with Crippen molar-refractivity contribution in [1.29, 1.82) is 0 Å². The minimum Gasteiger partial charge on any atom is -0.515 e. The van der Waals surface area contributed by atoms with Crippen LogP contribution in [0.2, 0.25) is 0 Å². The first kappa shape index (κ1) is 9.30. The highest BCUT2D eigenvalue weighted by Gasteiger charge is 2.25. The first-order valence-electron chi connectivity index (χ1n) is 4.67. The number of aliphatic hydroxyl groups is 1. The summed E-state index contributed by atoms with van der Waals surface area (Å²) in [5.74, 6) is 0.354. The van der Waals surface area contributed by atoms with Crippen LogP contribution < -0.4 is 0 Å². The second-order valence-corrected chi connectivity index (χ2v) is 3.40. The van der Waals surface area contributed by atoms with Gasteiger partial charge in [0, 0.05) is 11.5 Å². The number of hydrogen-bond donors (Lipinski definition) is 1. The Hall–Kier alpha value is -0.790. The molecule has 1 saturated carbocycles. The Morgan fingerprint density at radius 1 is 1.67 bits per heavy atom. The maximum absolute atomic E-state index is 11.5. The SMILES string of the molecule is CCCC1CCC/C(=C\O)C1=O. The Labute approximate surface area is 73.3 Å². The lowest BCUT2D eigenvalue weighted by Crippen LogP contribution is -2.21. The average Bonchev–Trinajstić information content (AvgIpc) is 2.09. The minimum atomic E-state index is 0.172. The smallest absolute Gasteiger partial charge is 0.164 e.